The van der Waals surface area contributed by atoms with Crippen LogP contribution in [0.3, 0.4) is 0 Å². The van der Waals surface area contributed by atoms with Gasteiger partial charge in [-0.15, -0.1) is 5.10 Å². The predicted octanol–water partition coefficient (Wildman–Crippen LogP) is 2.35. The van der Waals surface area contributed by atoms with Crippen molar-refractivity contribution in [2.24, 2.45) is 0 Å². The summed E-state index contributed by atoms with van der Waals surface area (Å²) in [6, 6.07) is 6.76. The molecule has 2 aliphatic rings. The summed E-state index contributed by atoms with van der Waals surface area (Å²) in [5, 5.41) is 44.1. The first-order valence-corrected chi connectivity index (χ1v) is 11.9. The molecule has 2 fully saturated rings. The molecule has 0 spiro atoms. The third-order valence-electron chi connectivity index (χ3n) is 6.80. The monoisotopic (exact) mass is 500 g/mol. The standard InChI is InChI=1S/C24H31F3N2O6/c1-2-13-7-9-14(10-8-13)11-16-21(24(25,26)27)29(15-5-3-4-6-15)28-22(16)35-23-20(33)19(32)18(31)17(12-30)34-23/h7-10,15,17-20,23,30-33H,2-6,11-12H2,1H3. The minimum atomic E-state index is -4.72. The van der Waals surface area contributed by atoms with Crippen molar-refractivity contribution in [2.75, 3.05) is 6.61 Å². The summed E-state index contributed by atoms with van der Waals surface area (Å²) in [5.74, 6) is -0.367. The van der Waals surface area contributed by atoms with Gasteiger partial charge in [0, 0.05) is 6.42 Å². The van der Waals surface area contributed by atoms with Crippen molar-refractivity contribution >= 4 is 0 Å². The van der Waals surface area contributed by atoms with Gasteiger partial charge in [-0.2, -0.15) is 13.2 Å². The molecule has 4 N–H and O–H groups in total. The van der Waals surface area contributed by atoms with Crippen LogP contribution in [-0.2, 0) is 23.8 Å². The van der Waals surface area contributed by atoms with Gasteiger partial charge in [-0.3, -0.25) is 4.68 Å². The quantitative estimate of drug-likeness (QED) is 0.461. The highest BCUT2D eigenvalue weighted by Gasteiger charge is 2.47. The second-order valence-corrected chi connectivity index (χ2v) is 9.17. The van der Waals surface area contributed by atoms with Crippen LogP contribution in [0.5, 0.6) is 5.88 Å². The molecule has 1 saturated heterocycles. The van der Waals surface area contributed by atoms with Crippen LogP contribution in [0.1, 0.15) is 61.0 Å². The highest BCUT2D eigenvalue weighted by Crippen LogP contribution is 2.42. The lowest BCUT2D eigenvalue weighted by Crippen LogP contribution is -2.60. The molecule has 0 bridgehead atoms. The first kappa shape index (κ1) is 25.9. The minimum absolute atomic E-state index is 0.127. The molecule has 2 heterocycles. The molecule has 5 unspecified atom stereocenters. The number of hydrogen-bond acceptors (Lipinski definition) is 7. The van der Waals surface area contributed by atoms with Gasteiger partial charge in [0.1, 0.15) is 30.1 Å². The Balaban J connectivity index is 1.75. The van der Waals surface area contributed by atoms with Crippen LogP contribution in [0.2, 0.25) is 0 Å². The highest BCUT2D eigenvalue weighted by atomic mass is 19.4. The van der Waals surface area contributed by atoms with Crippen LogP contribution in [-0.4, -0.2) is 67.5 Å². The average Bonchev–Trinajstić information content (AvgIpc) is 3.48. The molecule has 35 heavy (non-hydrogen) atoms. The number of benzene rings is 1. The van der Waals surface area contributed by atoms with Gasteiger partial charge in [-0.25, -0.2) is 0 Å². The summed E-state index contributed by atoms with van der Waals surface area (Å²) in [4.78, 5) is 0. The number of hydrogen-bond donors (Lipinski definition) is 4. The number of nitrogens with zero attached hydrogens (tertiary/aromatic N) is 2. The Morgan fingerprint density at radius 3 is 2.23 bits per heavy atom. The number of aromatic nitrogens is 2. The second-order valence-electron chi connectivity index (χ2n) is 9.17. The van der Waals surface area contributed by atoms with E-state index in [4.69, 9.17) is 9.47 Å². The lowest BCUT2D eigenvalue weighted by molar-refractivity contribution is -0.278. The summed E-state index contributed by atoms with van der Waals surface area (Å²) >= 11 is 0. The minimum Gasteiger partial charge on any atom is -0.443 e. The zero-order chi connectivity index (χ0) is 25.3. The van der Waals surface area contributed by atoms with Crippen LogP contribution in [0.4, 0.5) is 13.2 Å². The van der Waals surface area contributed by atoms with E-state index >= 15 is 0 Å². The zero-order valence-electron chi connectivity index (χ0n) is 19.4. The summed E-state index contributed by atoms with van der Waals surface area (Å²) in [7, 11) is 0. The molecule has 194 valence electrons. The Morgan fingerprint density at radius 1 is 1.03 bits per heavy atom. The number of halogens is 3. The second kappa shape index (κ2) is 10.4. The van der Waals surface area contributed by atoms with Crippen molar-refractivity contribution in [3.63, 3.8) is 0 Å². The molecule has 1 saturated carbocycles. The van der Waals surface area contributed by atoms with E-state index in [-0.39, 0.29) is 17.9 Å². The molecule has 4 rings (SSSR count). The summed E-state index contributed by atoms with van der Waals surface area (Å²) in [6.45, 7) is 1.29. The molecule has 8 nitrogen and oxygen atoms in total. The Morgan fingerprint density at radius 2 is 1.66 bits per heavy atom. The fourth-order valence-corrected chi connectivity index (χ4v) is 4.79. The third kappa shape index (κ3) is 5.34. The summed E-state index contributed by atoms with van der Waals surface area (Å²) < 4.78 is 55.1. The zero-order valence-corrected chi connectivity index (χ0v) is 19.4. The van der Waals surface area contributed by atoms with Gasteiger partial charge in [0.15, 0.2) is 0 Å². The smallest absolute Gasteiger partial charge is 0.433 e. The van der Waals surface area contributed by atoms with Crippen molar-refractivity contribution < 1.29 is 43.1 Å². The van der Waals surface area contributed by atoms with E-state index in [1.54, 1.807) is 12.1 Å². The lowest BCUT2D eigenvalue weighted by Gasteiger charge is -2.39. The maximum Gasteiger partial charge on any atom is 0.433 e. The average molecular weight is 501 g/mol. The number of aliphatic hydroxyl groups excluding tert-OH is 4. The molecule has 0 amide bonds. The highest BCUT2D eigenvalue weighted by molar-refractivity contribution is 5.39. The Labute approximate surface area is 200 Å². The van der Waals surface area contributed by atoms with Crippen molar-refractivity contribution in [1.29, 1.82) is 0 Å². The molecule has 1 aromatic heterocycles. The summed E-state index contributed by atoms with van der Waals surface area (Å²) in [6.07, 6.45) is -9.38. The Hall–Kier alpha value is -2.18. The molecule has 11 heteroatoms. The van der Waals surface area contributed by atoms with E-state index in [9.17, 15) is 33.6 Å². The van der Waals surface area contributed by atoms with Crippen molar-refractivity contribution in [3.8, 4) is 5.88 Å². The summed E-state index contributed by atoms with van der Waals surface area (Å²) in [5.41, 5.74) is 0.552. The lowest BCUT2D eigenvalue weighted by atomic mass is 9.99. The van der Waals surface area contributed by atoms with E-state index in [1.807, 2.05) is 19.1 Å². The number of aryl methyl sites for hydroxylation is 1. The molecular formula is C24H31F3N2O6. The maximum atomic E-state index is 14.4. The van der Waals surface area contributed by atoms with Crippen LogP contribution in [0.25, 0.3) is 0 Å². The topological polar surface area (TPSA) is 117 Å². The van der Waals surface area contributed by atoms with Gasteiger partial charge in [-0.1, -0.05) is 44.0 Å². The first-order valence-electron chi connectivity index (χ1n) is 11.9. The molecule has 5 atom stereocenters. The van der Waals surface area contributed by atoms with Gasteiger partial charge < -0.3 is 29.9 Å². The van der Waals surface area contributed by atoms with Crippen LogP contribution < -0.4 is 4.74 Å². The number of rotatable bonds is 7. The molecule has 1 aromatic carbocycles. The van der Waals surface area contributed by atoms with Gasteiger partial charge in [-0.05, 0) is 30.4 Å². The normalized spacial score (nSPS) is 27.9. The Kier molecular flexibility index (Phi) is 7.72. The SMILES string of the molecule is CCc1ccc(Cc2c(OC3OC(CO)C(O)C(O)C3O)nn(C3CCCC3)c2C(F)(F)F)cc1. The van der Waals surface area contributed by atoms with Crippen molar-refractivity contribution in [1.82, 2.24) is 9.78 Å². The van der Waals surface area contributed by atoms with Gasteiger partial charge in [0.25, 0.3) is 0 Å². The molecule has 1 aliphatic carbocycles. The van der Waals surface area contributed by atoms with E-state index in [1.165, 1.54) is 0 Å². The number of alkyl halides is 3. The third-order valence-corrected chi connectivity index (χ3v) is 6.80. The molecule has 2 aromatic rings. The van der Waals surface area contributed by atoms with Crippen LogP contribution in [0, 0.1) is 0 Å². The van der Waals surface area contributed by atoms with Crippen molar-refractivity contribution in [2.45, 2.75) is 88.4 Å². The van der Waals surface area contributed by atoms with E-state index < -0.39 is 55.2 Å². The largest absolute Gasteiger partial charge is 0.443 e. The fourth-order valence-electron chi connectivity index (χ4n) is 4.79. The van der Waals surface area contributed by atoms with Gasteiger partial charge in [0.05, 0.1) is 18.2 Å². The van der Waals surface area contributed by atoms with E-state index in [2.05, 4.69) is 5.10 Å². The Bertz CT molecular complexity index is 988. The van der Waals surface area contributed by atoms with Crippen molar-refractivity contribution in [3.05, 3.63) is 46.6 Å². The number of aliphatic hydroxyl groups is 4. The molecule has 0 radical (unpaired) electrons. The molecule has 1 aliphatic heterocycles. The fraction of sp³-hybridized carbons (Fsp3) is 0.625. The number of ether oxygens (including phenoxy) is 2. The maximum absolute atomic E-state index is 14.4. The van der Waals surface area contributed by atoms with Crippen LogP contribution in [0.15, 0.2) is 24.3 Å². The molecular weight excluding hydrogens is 469 g/mol. The van der Waals surface area contributed by atoms with E-state index in [0.29, 0.717) is 18.4 Å². The predicted molar refractivity (Wildman–Crippen MR) is 118 cm³/mol. The van der Waals surface area contributed by atoms with E-state index in [0.717, 1.165) is 29.5 Å². The van der Waals surface area contributed by atoms with Gasteiger partial charge >= 0.3 is 6.18 Å². The van der Waals surface area contributed by atoms with Gasteiger partial charge in [0.2, 0.25) is 12.2 Å². The van der Waals surface area contributed by atoms with Crippen LogP contribution >= 0.6 is 0 Å². The first-order chi connectivity index (χ1) is 16.6.